The Kier molecular flexibility index (Phi) is 10.7. The number of hydrogen-bond acceptors (Lipinski definition) is 4. The molecule has 3 aromatic heterocycles. The minimum atomic E-state index is -0.0173. The Hall–Kier alpha value is -6.04. The molecule has 0 spiro atoms. The Morgan fingerprint density at radius 2 is 0.794 bits per heavy atom. The molecule has 280 valence electrons. The van der Waals surface area contributed by atoms with Crippen molar-refractivity contribution in [2.75, 3.05) is 0 Å². The number of fused-ring (bicyclic) bond motifs is 7. The Bertz CT molecular complexity index is 3940. The van der Waals surface area contributed by atoms with Crippen LogP contribution in [0.15, 0.2) is 97.1 Å². The van der Waals surface area contributed by atoms with Crippen LogP contribution < -0.4 is 76.5 Å². The van der Waals surface area contributed by atoms with Crippen LogP contribution in [0.3, 0.4) is 0 Å². The Balaban J connectivity index is 1.24. The summed E-state index contributed by atoms with van der Waals surface area (Å²) < 4.78 is 3.51. The highest BCUT2D eigenvalue weighted by Crippen LogP contribution is 2.42. The van der Waals surface area contributed by atoms with Gasteiger partial charge in [0.05, 0.1) is 0 Å². The molecule has 0 aliphatic rings. The second kappa shape index (κ2) is 16.3. The molecule has 8 aromatic carbocycles. The van der Waals surface area contributed by atoms with Crippen LogP contribution in [0.25, 0.3) is 104 Å². The summed E-state index contributed by atoms with van der Waals surface area (Å²) in [6.07, 6.45) is 0. The first-order chi connectivity index (χ1) is 32.6. The Labute approximate surface area is 415 Å². The van der Waals surface area contributed by atoms with Crippen molar-refractivity contribution < 1.29 is 0 Å². The van der Waals surface area contributed by atoms with E-state index in [2.05, 4.69) is 12.1 Å². The number of thiophene rings is 1. The van der Waals surface area contributed by atoms with E-state index < -0.39 is 0 Å². The van der Waals surface area contributed by atoms with Crippen LogP contribution in [0.5, 0.6) is 0 Å². The molecule has 0 aliphatic heterocycles. The molecule has 0 N–H and O–H groups in total. The van der Waals surface area contributed by atoms with Crippen molar-refractivity contribution in [3.05, 3.63) is 97.1 Å². The largest absolute Gasteiger partial charge is 0.312 e. The van der Waals surface area contributed by atoms with E-state index in [1.807, 2.05) is 84.9 Å². The minimum absolute atomic E-state index is 0.00267. The zero-order valence-corrected chi connectivity index (χ0v) is 36.8. The summed E-state index contributed by atoms with van der Waals surface area (Å²) in [5.74, 6) is 1.39. The molecule has 0 saturated heterocycles. The van der Waals surface area contributed by atoms with Crippen LogP contribution >= 0.6 is 11.3 Å². The second-order valence-corrected chi connectivity index (χ2v) is 17.7. The molecule has 68 heavy (non-hydrogen) atoms. The maximum absolute atomic E-state index is 7.22. The van der Waals surface area contributed by atoms with E-state index in [9.17, 15) is 0 Å². The van der Waals surface area contributed by atoms with E-state index in [0.29, 0.717) is 34.2 Å². The lowest BCUT2D eigenvalue weighted by atomic mass is 9.60. The minimum Gasteiger partial charge on any atom is -0.312 e. The first kappa shape index (κ1) is 44.5. The summed E-state index contributed by atoms with van der Waals surface area (Å²) >= 11 is 1.59. The van der Waals surface area contributed by atoms with E-state index in [4.69, 9.17) is 125 Å². The van der Waals surface area contributed by atoms with Gasteiger partial charge in [0.2, 0.25) is 0 Å². The van der Waals surface area contributed by atoms with Gasteiger partial charge in [-0.2, -0.15) is 0 Å². The third-order valence-electron chi connectivity index (χ3n) is 12.8. The number of benzene rings is 8. The van der Waals surface area contributed by atoms with Gasteiger partial charge in [0.15, 0.2) is 17.5 Å². The van der Waals surface area contributed by atoms with Crippen LogP contribution in [0.4, 0.5) is 0 Å². The summed E-state index contributed by atoms with van der Waals surface area (Å²) in [6.45, 7) is 0. The molecule has 0 amide bonds. The molecule has 0 aliphatic carbocycles. The molecule has 0 unspecified atom stereocenters. The fourth-order valence-corrected chi connectivity index (χ4v) is 10.7. The predicted molar refractivity (Wildman–Crippen MR) is 302 cm³/mol. The van der Waals surface area contributed by atoms with Crippen molar-refractivity contribution >= 4 is 250 Å². The summed E-state index contributed by atoms with van der Waals surface area (Å²) in [6, 6.07) is 31.5. The molecule has 4 nitrogen and oxygen atoms in total. The van der Waals surface area contributed by atoms with Gasteiger partial charge in [-0.3, -0.25) is 0 Å². The van der Waals surface area contributed by atoms with Gasteiger partial charge < -0.3 is 4.57 Å². The van der Waals surface area contributed by atoms with Crippen LogP contribution in [-0.4, -0.2) is 129 Å². The average Bonchev–Trinajstić information content (AvgIpc) is 3.91. The van der Waals surface area contributed by atoms with Gasteiger partial charge >= 0.3 is 0 Å². The molecular weight excluding hydrogens is 828 g/mol. The quantitative estimate of drug-likeness (QED) is 0.168. The molecule has 28 radical (unpaired) electrons. The normalized spacial score (nSPS) is 11.8. The van der Waals surface area contributed by atoms with Crippen LogP contribution in [-0.2, 0) is 0 Å². The Morgan fingerprint density at radius 1 is 0.338 bits per heavy atom. The van der Waals surface area contributed by atoms with Gasteiger partial charge in [0.25, 0.3) is 0 Å². The smallest absolute Gasteiger partial charge is 0.164 e. The van der Waals surface area contributed by atoms with Gasteiger partial charge in [0.1, 0.15) is 110 Å². The summed E-state index contributed by atoms with van der Waals surface area (Å²) in [5, 5.41) is 2.92. The predicted octanol–water partition coefficient (Wildman–Crippen LogP) is -3.73. The molecule has 11 rings (SSSR count). The Morgan fingerprint density at radius 3 is 1.37 bits per heavy atom. The standard InChI is InChI=1S/C49H16B14N4S/c50-30-26-27(34(54)38(58)37(57)33(26)53)36(56)44-28(30)29-35(55)39(59)40(60)43(63)45(29)67(44)46-41(61)31(51)24(32(52)42(46)62)19-15-21(25-20-13-7-8-14-22(20)68-23(25)16-19)49-65-47(17-9-3-1-4-10-17)64-48(66-49)18-11-5-2-6-12-18/h1-16H. The average molecular weight is 844 g/mol. The fourth-order valence-electron chi connectivity index (χ4n) is 9.49. The van der Waals surface area contributed by atoms with E-state index in [1.54, 1.807) is 15.9 Å². The van der Waals surface area contributed by atoms with Crippen molar-refractivity contribution in [2.45, 2.75) is 0 Å². The monoisotopic (exact) mass is 846 g/mol. The van der Waals surface area contributed by atoms with E-state index in [0.717, 1.165) is 31.3 Å². The number of rotatable bonds is 5. The highest BCUT2D eigenvalue weighted by molar-refractivity contribution is 7.26. The zero-order chi connectivity index (χ0) is 47.8. The number of nitrogens with zero attached hydrogens (tertiary/aromatic N) is 4. The molecular formula is C49H16B14N4S. The van der Waals surface area contributed by atoms with Crippen LogP contribution in [0.2, 0.25) is 0 Å². The van der Waals surface area contributed by atoms with Crippen molar-refractivity contribution in [3.63, 3.8) is 0 Å². The lowest BCUT2D eigenvalue weighted by Crippen LogP contribution is -2.50. The first-order valence-corrected chi connectivity index (χ1v) is 21.8. The summed E-state index contributed by atoms with van der Waals surface area (Å²) in [4.78, 5) is 15.2. The maximum atomic E-state index is 7.22. The molecule has 0 fully saturated rings. The van der Waals surface area contributed by atoms with Gasteiger partial charge in [0, 0.05) is 59.0 Å². The highest BCUT2D eigenvalue weighted by atomic mass is 32.1. The SMILES string of the molecule is [B]c1c([B])c(-n2c3c([B])c([B])c([B])c([B])c3c3c([B])c4c([B])c([B])c([B])c([B])c4c([B])c32)c([B])c([B])c1-c1cc(-c2nc(-c3ccccc3)nc(-c3ccccc3)n2)c2c(c1)sc1ccccc12. The third-order valence-corrected chi connectivity index (χ3v) is 14.0. The lowest BCUT2D eigenvalue weighted by molar-refractivity contribution is 1.08. The molecule has 0 atom stereocenters. The molecule has 11 aromatic rings. The second-order valence-electron chi connectivity index (χ2n) is 16.6. The fraction of sp³-hybridized carbons (Fsp3) is 0. The van der Waals surface area contributed by atoms with E-state index in [-0.39, 0.29) is 115 Å². The van der Waals surface area contributed by atoms with E-state index >= 15 is 0 Å². The van der Waals surface area contributed by atoms with Crippen molar-refractivity contribution in [2.24, 2.45) is 0 Å². The summed E-state index contributed by atoms with van der Waals surface area (Å²) in [7, 11) is 95.6. The van der Waals surface area contributed by atoms with Crippen LogP contribution in [0, 0.1) is 0 Å². The van der Waals surface area contributed by atoms with Crippen LogP contribution in [0.1, 0.15) is 0 Å². The highest BCUT2D eigenvalue weighted by Gasteiger charge is 2.28. The van der Waals surface area contributed by atoms with Gasteiger partial charge in [-0.15, -0.1) is 33.2 Å². The van der Waals surface area contributed by atoms with Gasteiger partial charge in [-0.05, 0) is 45.5 Å². The topological polar surface area (TPSA) is 43.6 Å². The van der Waals surface area contributed by atoms with Gasteiger partial charge in [-0.25, -0.2) is 15.0 Å². The molecule has 0 bridgehead atoms. The maximum Gasteiger partial charge on any atom is 0.164 e. The van der Waals surface area contributed by atoms with E-state index in [1.165, 1.54) is 0 Å². The first-order valence-electron chi connectivity index (χ1n) is 21.0. The number of hydrogen-bond donors (Lipinski definition) is 0. The number of aromatic nitrogens is 4. The lowest BCUT2D eigenvalue weighted by Gasteiger charge is -2.27. The summed E-state index contributed by atoms with van der Waals surface area (Å²) in [5.41, 5.74) is 4.16. The zero-order valence-electron chi connectivity index (χ0n) is 36.0. The molecule has 3 heterocycles. The third kappa shape index (κ3) is 6.36. The van der Waals surface area contributed by atoms with Crippen molar-refractivity contribution in [3.8, 4) is 51.0 Å². The molecule has 0 saturated carbocycles. The molecule has 19 heteroatoms. The van der Waals surface area contributed by atoms with Gasteiger partial charge in [-0.1, -0.05) is 133 Å². The van der Waals surface area contributed by atoms with Crippen molar-refractivity contribution in [1.82, 2.24) is 19.5 Å². The van der Waals surface area contributed by atoms with Crippen molar-refractivity contribution in [1.29, 1.82) is 0 Å².